The summed E-state index contributed by atoms with van der Waals surface area (Å²) in [5, 5.41) is 5.84. The van der Waals surface area contributed by atoms with Crippen LogP contribution >= 0.6 is 0 Å². The van der Waals surface area contributed by atoms with Crippen molar-refractivity contribution < 1.29 is 9.59 Å². The first-order valence-corrected chi connectivity index (χ1v) is 15.6. The molecule has 2 amide bonds. The number of carbonyl (C=O) groups is 2. The van der Waals surface area contributed by atoms with Crippen molar-refractivity contribution in [2.75, 3.05) is 20.1 Å². The van der Waals surface area contributed by atoms with Crippen molar-refractivity contribution in [2.45, 2.75) is 137 Å². The fourth-order valence-corrected chi connectivity index (χ4v) is 5.03. The molecule has 0 unspecified atom stereocenters. The van der Waals surface area contributed by atoms with Crippen molar-refractivity contribution in [1.29, 1.82) is 0 Å². The third kappa shape index (κ3) is 20.3. The van der Waals surface area contributed by atoms with E-state index in [2.05, 4.69) is 31.4 Å². The number of hydrogen-bond donors (Lipinski definition) is 4. The van der Waals surface area contributed by atoms with Crippen LogP contribution in [0.15, 0.2) is 12.2 Å². The number of carbonyl (C=O) groups excluding carboxylic acids is 2. The summed E-state index contributed by atoms with van der Waals surface area (Å²) in [6.45, 7) is 11.4. The fourth-order valence-electron chi connectivity index (χ4n) is 5.03. The molecule has 0 radical (unpaired) electrons. The van der Waals surface area contributed by atoms with E-state index < -0.39 is 0 Å². The Labute approximate surface area is 230 Å². The number of rotatable bonds is 13. The van der Waals surface area contributed by atoms with E-state index >= 15 is 0 Å². The number of nitrogens with one attached hydrogen (secondary N) is 2. The van der Waals surface area contributed by atoms with Crippen molar-refractivity contribution in [3.8, 4) is 0 Å². The lowest BCUT2D eigenvalue weighted by Crippen LogP contribution is -2.42. The molecule has 0 saturated heterocycles. The molecule has 2 aliphatic carbocycles. The van der Waals surface area contributed by atoms with Crippen molar-refractivity contribution in [1.82, 2.24) is 10.6 Å². The van der Waals surface area contributed by atoms with Gasteiger partial charge in [0.05, 0.1) is 12.0 Å². The first kappa shape index (κ1) is 37.8. The normalized spacial score (nSPS) is 20.0. The first-order valence-electron chi connectivity index (χ1n) is 15.6. The molecule has 0 bridgehead atoms. The minimum absolute atomic E-state index is 0.0339. The highest BCUT2D eigenvalue weighted by Crippen LogP contribution is 2.40. The molecule has 0 aromatic heterocycles. The standard InChI is InChI=1S/C16H32N4O2.C10H18.C3H8.C2H6/c1-3-4-8-13(15(18)21)9-7-12-20-16(22)14(19-2)10-5-6-11-17;1-2-6-10-8-4-3-7-9(10)5-1;1-3-2;1-2/h7,9,13-14,19H,3-6,8,10-12,17H2,1-2H3,(H2,18,21)(H,20,22);9-10H,1-8H2;3H2,1-2H3;1-2H3/b9-7+;;;/t13-,14+;;;/m1.../s1. The van der Waals surface area contributed by atoms with Crippen LogP contribution in [-0.4, -0.2) is 38.0 Å². The molecular weight excluding hydrogens is 460 g/mol. The van der Waals surface area contributed by atoms with E-state index in [0.29, 0.717) is 13.1 Å². The summed E-state index contributed by atoms with van der Waals surface area (Å²) in [6, 6.07) is -0.202. The van der Waals surface area contributed by atoms with Crippen LogP contribution in [0.1, 0.15) is 131 Å². The van der Waals surface area contributed by atoms with E-state index in [0.717, 1.165) is 50.4 Å². The average molecular weight is 525 g/mol. The zero-order valence-electron chi connectivity index (χ0n) is 25.5. The molecule has 6 nitrogen and oxygen atoms in total. The monoisotopic (exact) mass is 525 g/mol. The minimum Gasteiger partial charge on any atom is -0.369 e. The number of fused-ring (bicyclic) bond motifs is 1. The number of unbranched alkanes of at least 4 members (excludes halogenated alkanes) is 2. The van der Waals surface area contributed by atoms with Crippen LogP contribution in [0.4, 0.5) is 0 Å². The van der Waals surface area contributed by atoms with Gasteiger partial charge in [-0.2, -0.15) is 0 Å². The maximum absolute atomic E-state index is 12.0. The van der Waals surface area contributed by atoms with E-state index in [9.17, 15) is 9.59 Å². The van der Waals surface area contributed by atoms with Crippen LogP contribution in [0, 0.1) is 17.8 Å². The van der Waals surface area contributed by atoms with Crippen molar-refractivity contribution in [3.63, 3.8) is 0 Å². The van der Waals surface area contributed by atoms with Gasteiger partial charge in [-0.25, -0.2) is 0 Å². The highest BCUT2D eigenvalue weighted by Gasteiger charge is 2.26. The molecule has 37 heavy (non-hydrogen) atoms. The SMILES string of the molecule is C1CCC2CCCCC2C1.CC.CCC.CCCC[C@H](/C=C/CNC(=O)[C@H](CCCCN)NC)C(N)=O. The number of hydrogen-bond acceptors (Lipinski definition) is 4. The lowest BCUT2D eigenvalue weighted by atomic mass is 9.71. The topological polar surface area (TPSA) is 110 Å². The average Bonchev–Trinajstić information content (AvgIpc) is 2.92. The van der Waals surface area contributed by atoms with Gasteiger partial charge in [0.25, 0.3) is 0 Å². The summed E-state index contributed by atoms with van der Waals surface area (Å²) in [5.74, 6) is 1.71. The molecule has 0 aromatic carbocycles. The van der Waals surface area contributed by atoms with Gasteiger partial charge in [0.2, 0.25) is 11.8 Å². The lowest BCUT2D eigenvalue weighted by Gasteiger charge is -2.35. The number of primary amides is 1. The van der Waals surface area contributed by atoms with E-state index in [4.69, 9.17) is 11.5 Å². The summed E-state index contributed by atoms with van der Waals surface area (Å²) in [5.41, 5.74) is 10.8. The summed E-state index contributed by atoms with van der Waals surface area (Å²) in [4.78, 5) is 23.3. The Kier molecular flexibility index (Phi) is 28.2. The molecule has 0 heterocycles. The molecular formula is C31H64N4O2. The maximum Gasteiger partial charge on any atom is 0.237 e. The molecule has 6 heteroatoms. The molecule has 220 valence electrons. The molecule has 2 atom stereocenters. The highest BCUT2D eigenvalue weighted by molar-refractivity contribution is 5.82. The van der Waals surface area contributed by atoms with Crippen LogP contribution in [-0.2, 0) is 9.59 Å². The molecule has 2 rings (SSSR count). The number of likely N-dealkylation sites (N-methyl/N-ethyl adjacent to an activating group) is 1. The van der Waals surface area contributed by atoms with Gasteiger partial charge in [0.15, 0.2) is 0 Å². The Hall–Kier alpha value is -1.40. The zero-order chi connectivity index (χ0) is 28.3. The zero-order valence-corrected chi connectivity index (χ0v) is 25.5. The van der Waals surface area contributed by atoms with Crippen LogP contribution in [0.5, 0.6) is 0 Å². The van der Waals surface area contributed by atoms with Gasteiger partial charge in [-0.15, -0.1) is 0 Å². The van der Waals surface area contributed by atoms with Crippen LogP contribution in [0.3, 0.4) is 0 Å². The van der Waals surface area contributed by atoms with Gasteiger partial charge in [-0.1, -0.05) is 124 Å². The summed E-state index contributed by atoms with van der Waals surface area (Å²) < 4.78 is 0. The molecule has 0 aliphatic heterocycles. The van der Waals surface area contributed by atoms with Gasteiger partial charge in [-0.05, 0) is 44.7 Å². The molecule has 0 spiro atoms. The largest absolute Gasteiger partial charge is 0.369 e. The van der Waals surface area contributed by atoms with Gasteiger partial charge in [0.1, 0.15) is 0 Å². The second kappa shape index (κ2) is 27.6. The van der Waals surface area contributed by atoms with Crippen molar-refractivity contribution >= 4 is 11.8 Å². The molecule has 6 N–H and O–H groups in total. The summed E-state index contributed by atoms with van der Waals surface area (Å²) in [6.07, 6.45) is 22.6. The molecule has 0 aromatic rings. The smallest absolute Gasteiger partial charge is 0.237 e. The van der Waals surface area contributed by atoms with E-state index in [1.54, 1.807) is 44.9 Å². The molecule has 2 fully saturated rings. The Bertz CT molecular complexity index is 527. The minimum atomic E-state index is -0.314. The Morgan fingerprint density at radius 2 is 1.41 bits per heavy atom. The van der Waals surface area contributed by atoms with Gasteiger partial charge < -0.3 is 22.1 Å². The van der Waals surface area contributed by atoms with Crippen LogP contribution < -0.4 is 22.1 Å². The predicted molar refractivity (Wildman–Crippen MR) is 161 cm³/mol. The lowest BCUT2D eigenvalue weighted by molar-refractivity contribution is -0.123. The van der Waals surface area contributed by atoms with Crippen LogP contribution in [0.25, 0.3) is 0 Å². The Balaban J connectivity index is 0. The highest BCUT2D eigenvalue weighted by atomic mass is 16.2. The van der Waals surface area contributed by atoms with Gasteiger partial charge in [0, 0.05) is 6.54 Å². The molecule has 2 saturated carbocycles. The third-order valence-corrected chi connectivity index (χ3v) is 7.07. The Morgan fingerprint density at radius 1 is 0.892 bits per heavy atom. The second-order valence-electron chi connectivity index (χ2n) is 10.2. The summed E-state index contributed by atoms with van der Waals surface area (Å²) >= 11 is 0. The predicted octanol–water partition coefficient (Wildman–Crippen LogP) is 6.48. The van der Waals surface area contributed by atoms with E-state index in [1.165, 1.54) is 32.1 Å². The van der Waals surface area contributed by atoms with Crippen molar-refractivity contribution in [3.05, 3.63) is 12.2 Å². The number of nitrogens with two attached hydrogens (primary N) is 2. The maximum atomic E-state index is 12.0. The number of amides is 2. The van der Waals surface area contributed by atoms with Crippen LogP contribution in [0.2, 0.25) is 0 Å². The summed E-state index contributed by atoms with van der Waals surface area (Å²) in [7, 11) is 1.77. The first-order chi connectivity index (χ1) is 17.9. The Morgan fingerprint density at radius 3 is 1.81 bits per heavy atom. The fraction of sp³-hybridized carbons (Fsp3) is 0.871. The second-order valence-corrected chi connectivity index (χ2v) is 10.2. The van der Waals surface area contributed by atoms with Gasteiger partial charge >= 0.3 is 0 Å². The van der Waals surface area contributed by atoms with E-state index in [-0.39, 0.29) is 23.8 Å². The van der Waals surface area contributed by atoms with E-state index in [1.807, 2.05) is 13.8 Å². The third-order valence-electron chi connectivity index (χ3n) is 7.07. The van der Waals surface area contributed by atoms with Crippen molar-refractivity contribution in [2.24, 2.45) is 29.2 Å². The quantitative estimate of drug-likeness (QED) is 0.163. The van der Waals surface area contributed by atoms with Gasteiger partial charge in [-0.3, -0.25) is 9.59 Å². The molecule has 2 aliphatic rings.